The highest BCUT2D eigenvalue weighted by Gasteiger charge is 2.22. The van der Waals surface area contributed by atoms with Gasteiger partial charge < -0.3 is 5.11 Å². The Morgan fingerprint density at radius 2 is 1.95 bits per heavy atom. The van der Waals surface area contributed by atoms with Crippen LogP contribution in [-0.2, 0) is 19.4 Å². The molecular weight excluding hydrogens is 272 g/mol. The summed E-state index contributed by atoms with van der Waals surface area (Å²) in [5.74, 6) is 0.358. The van der Waals surface area contributed by atoms with Crippen LogP contribution in [0.5, 0.6) is 0 Å². The molecule has 1 heterocycles. The summed E-state index contributed by atoms with van der Waals surface area (Å²) in [5.41, 5.74) is 1.94. The van der Waals surface area contributed by atoms with Gasteiger partial charge in [0.1, 0.15) is 0 Å². The number of unbranched alkanes of at least 4 members (excludes halogenated alkanes) is 1. The third kappa shape index (κ3) is 4.23. The predicted molar refractivity (Wildman–Crippen MR) is 85.3 cm³/mol. The molecule has 20 heavy (non-hydrogen) atoms. The molecule has 0 saturated carbocycles. The summed E-state index contributed by atoms with van der Waals surface area (Å²) in [5, 5.41) is 15.8. The lowest BCUT2D eigenvalue weighted by Crippen LogP contribution is -2.24. The van der Waals surface area contributed by atoms with Crippen molar-refractivity contribution in [2.24, 2.45) is 5.92 Å². The van der Waals surface area contributed by atoms with Gasteiger partial charge >= 0.3 is 0 Å². The number of rotatable bonds is 9. The van der Waals surface area contributed by atoms with Gasteiger partial charge in [-0.3, -0.25) is 4.68 Å². The van der Waals surface area contributed by atoms with Crippen molar-refractivity contribution in [3.63, 3.8) is 0 Å². The van der Waals surface area contributed by atoms with E-state index in [9.17, 15) is 5.11 Å². The van der Waals surface area contributed by atoms with E-state index in [1.54, 1.807) is 0 Å². The predicted octanol–water partition coefficient (Wildman–Crippen LogP) is 4.24. The summed E-state index contributed by atoms with van der Waals surface area (Å²) < 4.78 is 1.94. The van der Waals surface area contributed by atoms with E-state index in [1.807, 2.05) is 4.68 Å². The van der Waals surface area contributed by atoms with Gasteiger partial charge in [-0.25, -0.2) is 0 Å². The van der Waals surface area contributed by atoms with Crippen LogP contribution < -0.4 is 0 Å². The quantitative estimate of drug-likeness (QED) is 0.741. The van der Waals surface area contributed by atoms with E-state index in [0.29, 0.717) is 12.3 Å². The second kappa shape index (κ2) is 8.68. The van der Waals surface area contributed by atoms with Crippen molar-refractivity contribution in [2.75, 3.05) is 0 Å². The summed E-state index contributed by atoms with van der Waals surface area (Å²) in [4.78, 5) is 0. The van der Waals surface area contributed by atoms with Crippen LogP contribution in [0.2, 0.25) is 5.02 Å². The molecule has 0 aliphatic carbocycles. The molecule has 0 aromatic carbocycles. The number of aromatic nitrogens is 2. The standard InChI is InChI=1S/C16H29ClN2O/c1-5-9-10-12(6-2)15(20)11-14-16(17)13(7-3)18-19(14)8-4/h12,15,20H,5-11H2,1-4H3. The summed E-state index contributed by atoms with van der Waals surface area (Å²) in [6, 6.07) is 0. The first-order chi connectivity index (χ1) is 9.58. The van der Waals surface area contributed by atoms with Crippen LogP contribution in [0.1, 0.15) is 64.8 Å². The third-order valence-electron chi connectivity index (χ3n) is 4.09. The van der Waals surface area contributed by atoms with E-state index in [2.05, 4.69) is 32.8 Å². The summed E-state index contributed by atoms with van der Waals surface area (Å²) in [7, 11) is 0. The van der Waals surface area contributed by atoms with Crippen LogP contribution in [0.15, 0.2) is 0 Å². The van der Waals surface area contributed by atoms with Crippen molar-refractivity contribution in [1.29, 1.82) is 0 Å². The molecule has 1 aromatic heterocycles. The van der Waals surface area contributed by atoms with Gasteiger partial charge in [-0.1, -0.05) is 51.6 Å². The van der Waals surface area contributed by atoms with Gasteiger partial charge in [-0.15, -0.1) is 0 Å². The van der Waals surface area contributed by atoms with Gasteiger partial charge in [0.2, 0.25) is 0 Å². The zero-order chi connectivity index (χ0) is 15.1. The molecule has 1 aromatic rings. The lowest BCUT2D eigenvalue weighted by atomic mass is 9.90. The van der Waals surface area contributed by atoms with Crippen LogP contribution in [0, 0.1) is 5.92 Å². The fourth-order valence-corrected chi connectivity index (χ4v) is 3.06. The molecule has 0 spiro atoms. The Labute approximate surface area is 128 Å². The first-order valence-corrected chi connectivity index (χ1v) is 8.38. The zero-order valence-corrected chi connectivity index (χ0v) is 14.1. The van der Waals surface area contributed by atoms with E-state index < -0.39 is 0 Å². The smallest absolute Gasteiger partial charge is 0.0850 e. The number of halogens is 1. The van der Waals surface area contributed by atoms with E-state index in [1.165, 1.54) is 12.8 Å². The highest BCUT2D eigenvalue weighted by atomic mass is 35.5. The Bertz CT molecular complexity index is 403. The van der Waals surface area contributed by atoms with Crippen molar-refractivity contribution in [3.8, 4) is 0 Å². The van der Waals surface area contributed by atoms with Crippen LogP contribution in [0.25, 0.3) is 0 Å². The number of aryl methyl sites for hydroxylation is 2. The minimum atomic E-state index is -0.323. The zero-order valence-electron chi connectivity index (χ0n) is 13.3. The van der Waals surface area contributed by atoms with E-state index in [-0.39, 0.29) is 6.10 Å². The maximum atomic E-state index is 10.5. The van der Waals surface area contributed by atoms with Crippen LogP contribution in [-0.4, -0.2) is 21.0 Å². The molecule has 3 nitrogen and oxygen atoms in total. The van der Waals surface area contributed by atoms with Gasteiger partial charge in [0.25, 0.3) is 0 Å². The maximum Gasteiger partial charge on any atom is 0.0850 e. The van der Waals surface area contributed by atoms with Gasteiger partial charge in [0, 0.05) is 13.0 Å². The molecule has 0 saturated heterocycles. The molecule has 0 aliphatic rings. The van der Waals surface area contributed by atoms with Crippen molar-refractivity contribution < 1.29 is 5.11 Å². The largest absolute Gasteiger partial charge is 0.392 e. The molecule has 1 N–H and O–H groups in total. The van der Waals surface area contributed by atoms with Crippen LogP contribution in [0.3, 0.4) is 0 Å². The fourth-order valence-electron chi connectivity index (χ4n) is 2.71. The van der Waals surface area contributed by atoms with Crippen molar-refractivity contribution in [1.82, 2.24) is 9.78 Å². The van der Waals surface area contributed by atoms with Gasteiger partial charge in [0.15, 0.2) is 0 Å². The van der Waals surface area contributed by atoms with E-state index >= 15 is 0 Å². The number of hydrogen-bond donors (Lipinski definition) is 1. The molecule has 2 atom stereocenters. The van der Waals surface area contributed by atoms with Gasteiger partial charge in [-0.05, 0) is 25.7 Å². The topological polar surface area (TPSA) is 38.1 Å². The molecule has 2 unspecified atom stereocenters. The molecule has 0 aliphatic heterocycles. The minimum Gasteiger partial charge on any atom is -0.392 e. The molecule has 4 heteroatoms. The first kappa shape index (κ1) is 17.5. The Balaban J connectivity index is 2.82. The minimum absolute atomic E-state index is 0.323. The van der Waals surface area contributed by atoms with Crippen molar-refractivity contribution in [2.45, 2.75) is 78.9 Å². The molecule has 1 rings (SSSR count). The molecule has 116 valence electrons. The molecular formula is C16H29ClN2O. The third-order valence-corrected chi connectivity index (χ3v) is 4.53. The second-order valence-corrected chi connectivity index (χ2v) is 5.84. The Morgan fingerprint density at radius 3 is 2.45 bits per heavy atom. The van der Waals surface area contributed by atoms with Gasteiger partial charge in [-0.2, -0.15) is 5.10 Å². The van der Waals surface area contributed by atoms with Crippen LogP contribution >= 0.6 is 11.6 Å². The van der Waals surface area contributed by atoms with Crippen molar-refractivity contribution in [3.05, 3.63) is 16.4 Å². The monoisotopic (exact) mass is 300 g/mol. The molecule has 0 bridgehead atoms. The summed E-state index contributed by atoms with van der Waals surface area (Å²) in [6.45, 7) is 9.26. The highest BCUT2D eigenvalue weighted by molar-refractivity contribution is 6.31. The van der Waals surface area contributed by atoms with Gasteiger partial charge in [0.05, 0.1) is 22.5 Å². The summed E-state index contributed by atoms with van der Waals surface area (Å²) >= 11 is 6.41. The highest BCUT2D eigenvalue weighted by Crippen LogP contribution is 2.26. The number of aliphatic hydroxyl groups excluding tert-OH is 1. The lowest BCUT2D eigenvalue weighted by Gasteiger charge is -2.22. The fraction of sp³-hybridized carbons (Fsp3) is 0.812. The number of nitrogens with zero attached hydrogens (tertiary/aromatic N) is 2. The first-order valence-electron chi connectivity index (χ1n) is 8.00. The Morgan fingerprint density at radius 1 is 1.25 bits per heavy atom. The Hall–Kier alpha value is -0.540. The van der Waals surface area contributed by atoms with Crippen molar-refractivity contribution >= 4 is 11.6 Å². The lowest BCUT2D eigenvalue weighted by molar-refractivity contribution is 0.0967. The average Bonchev–Trinajstić information content (AvgIpc) is 2.76. The molecule has 0 radical (unpaired) electrons. The number of hydrogen-bond acceptors (Lipinski definition) is 2. The second-order valence-electron chi connectivity index (χ2n) is 5.46. The maximum absolute atomic E-state index is 10.5. The average molecular weight is 301 g/mol. The number of aliphatic hydroxyl groups is 1. The SMILES string of the molecule is CCCCC(CC)C(O)Cc1c(Cl)c(CC)nn1CC. The van der Waals surface area contributed by atoms with E-state index in [0.717, 1.165) is 42.2 Å². The van der Waals surface area contributed by atoms with Crippen LogP contribution in [0.4, 0.5) is 0 Å². The molecule has 0 fully saturated rings. The normalized spacial score (nSPS) is 14.5. The van der Waals surface area contributed by atoms with E-state index in [4.69, 9.17) is 11.6 Å². The summed E-state index contributed by atoms with van der Waals surface area (Å²) in [6.07, 6.45) is 5.58. The Kier molecular flexibility index (Phi) is 7.60. The molecule has 0 amide bonds.